The maximum atomic E-state index is 8.97. The van der Waals surface area contributed by atoms with E-state index < -0.39 is 6.10 Å². The summed E-state index contributed by atoms with van der Waals surface area (Å²) in [5, 5.41) is 17.8. The SMILES string of the molecule is N#Cc1ccncc1N1CCOC(C#N)C1. The third-order valence-corrected chi connectivity index (χ3v) is 2.47. The van der Waals surface area contributed by atoms with Crippen molar-refractivity contribution in [3.63, 3.8) is 0 Å². The van der Waals surface area contributed by atoms with Crippen molar-refractivity contribution >= 4 is 5.69 Å². The fraction of sp³-hybridized carbons (Fsp3) is 0.364. The average Bonchev–Trinajstić information content (AvgIpc) is 2.38. The van der Waals surface area contributed by atoms with Gasteiger partial charge in [-0.3, -0.25) is 4.98 Å². The van der Waals surface area contributed by atoms with Gasteiger partial charge in [0.1, 0.15) is 6.07 Å². The van der Waals surface area contributed by atoms with Gasteiger partial charge in [-0.25, -0.2) is 0 Å². The fourth-order valence-corrected chi connectivity index (χ4v) is 1.68. The zero-order valence-corrected chi connectivity index (χ0v) is 8.63. The molecule has 0 amide bonds. The van der Waals surface area contributed by atoms with Gasteiger partial charge in [0.25, 0.3) is 0 Å². The molecule has 16 heavy (non-hydrogen) atoms. The van der Waals surface area contributed by atoms with Crippen LogP contribution in [0.2, 0.25) is 0 Å². The quantitative estimate of drug-likeness (QED) is 0.687. The number of hydrogen-bond donors (Lipinski definition) is 0. The van der Waals surface area contributed by atoms with Gasteiger partial charge in [0.05, 0.1) is 36.7 Å². The van der Waals surface area contributed by atoms with Crippen molar-refractivity contribution in [2.75, 3.05) is 24.6 Å². The summed E-state index contributed by atoms with van der Waals surface area (Å²) in [5.74, 6) is 0. The second-order valence-corrected chi connectivity index (χ2v) is 3.44. The molecule has 2 heterocycles. The number of morpholine rings is 1. The van der Waals surface area contributed by atoms with Crippen LogP contribution in [0.15, 0.2) is 18.5 Å². The second-order valence-electron chi connectivity index (χ2n) is 3.44. The van der Waals surface area contributed by atoms with Gasteiger partial charge in [0.15, 0.2) is 6.10 Å². The van der Waals surface area contributed by atoms with E-state index >= 15 is 0 Å². The van der Waals surface area contributed by atoms with Gasteiger partial charge in [-0.2, -0.15) is 10.5 Å². The van der Waals surface area contributed by atoms with E-state index in [1.807, 2.05) is 4.90 Å². The first-order valence-corrected chi connectivity index (χ1v) is 4.95. The topological polar surface area (TPSA) is 72.9 Å². The summed E-state index contributed by atoms with van der Waals surface area (Å²) in [5.41, 5.74) is 1.35. The van der Waals surface area contributed by atoms with E-state index in [1.165, 1.54) is 0 Å². The molecule has 1 aromatic rings. The zero-order valence-electron chi connectivity index (χ0n) is 8.63. The van der Waals surface area contributed by atoms with Crippen molar-refractivity contribution in [1.82, 2.24) is 4.98 Å². The first kappa shape index (κ1) is 10.4. The van der Waals surface area contributed by atoms with Gasteiger partial charge in [-0.15, -0.1) is 0 Å². The standard InChI is InChI=1S/C11H10N4O/c12-5-9-1-2-14-7-11(9)15-3-4-16-10(6-13)8-15/h1-2,7,10H,3-4,8H2. The first-order chi connectivity index (χ1) is 7.85. The van der Waals surface area contributed by atoms with E-state index in [0.29, 0.717) is 25.3 Å². The van der Waals surface area contributed by atoms with Gasteiger partial charge < -0.3 is 9.64 Å². The highest BCUT2D eigenvalue weighted by molar-refractivity contribution is 5.57. The Kier molecular flexibility index (Phi) is 3.00. The second kappa shape index (κ2) is 4.61. The number of anilines is 1. The van der Waals surface area contributed by atoms with Gasteiger partial charge in [-0.05, 0) is 6.07 Å². The molecule has 0 saturated carbocycles. The highest BCUT2D eigenvalue weighted by atomic mass is 16.5. The minimum absolute atomic E-state index is 0.430. The Labute approximate surface area is 93.5 Å². The largest absolute Gasteiger partial charge is 0.363 e. The van der Waals surface area contributed by atoms with E-state index in [1.54, 1.807) is 18.5 Å². The molecule has 0 bridgehead atoms. The van der Waals surface area contributed by atoms with Crippen LogP contribution in [0.4, 0.5) is 5.69 Å². The summed E-state index contributed by atoms with van der Waals surface area (Å²) in [6.07, 6.45) is 2.81. The van der Waals surface area contributed by atoms with Gasteiger partial charge in [0.2, 0.25) is 0 Å². The Morgan fingerprint density at radius 1 is 1.50 bits per heavy atom. The van der Waals surface area contributed by atoms with E-state index in [4.69, 9.17) is 15.3 Å². The molecule has 1 aliphatic rings. The molecule has 1 saturated heterocycles. The third kappa shape index (κ3) is 1.95. The fourth-order valence-electron chi connectivity index (χ4n) is 1.68. The van der Waals surface area contributed by atoms with Crippen LogP contribution < -0.4 is 4.90 Å². The van der Waals surface area contributed by atoms with Crippen LogP contribution in [-0.4, -0.2) is 30.8 Å². The molecule has 0 aromatic carbocycles. The normalized spacial score (nSPS) is 19.9. The minimum Gasteiger partial charge on any atom is -0.363 e. The van der Waals surface area contributed by atoms with Crippen LogP contribution in [0.3, 0.4) is 0 Å². The van der Waals surface area contributed by atoms with E-state index in [-0.39, 0.29) is 0 Å². The molecular weight excluding hydrogens is 204 g/mol. The van der Waals surface area contributed by atoms with Crippen LogP contribution in [0.25, 0.3) is 0 Å². The molecule has 80 valence electrons. The van der Waals surface area contributed by atoms with E-state index in [2.05, 4.69) is 17.1 Å². The van der Waals surface area contributed by atoms with Crippen molar-refractivity contribution < 1.29 is 4.74 Å². The van der Waals surface area contributed by atoms with Crippen molar-refractivity contribution in [1.29, 1.82) is 10.5 Å². The third-order valence-electron chi connectivity index (χ3n) is 2.47. The Morgan fingerprint density at radius 3 is 3.12 bits per heavy atom. The average molecular weight is 214 g/mol. The van der Waals surface area contributed by atoms with Gasteiger partial charge in [0, 0.05) is 12.7 Å². The minimum atomic E-state index is -0.430. The molecule has 0 spiro atoms. The van der Waals surface area contributed by atoms with Gasteiger partial charge >= 0.3 is 0 Å². The molecule has 1 fully saturated rings. The molecular formula is C11H10N4O. The molecule has 1 atom stereocenters. The lowest BCUT2D eigenvalue weighted by Gasteiger charge is -2.31. The maximum Gasteiger partial charge on any atom is 0.161 e. The number of ether oxygens (including phenoxy) is 1. The van der Waals surface area contributed by atoms with Crippen LogP contribution in [0, 0.1) is 22.7 Å². The number of nitrogens with zero attached hydrogens (tertiary/aromatic N) is 4. The van der Waals surface area contributed by atoms with Crippen molar-refractivity contribution in [3.8, 4) is 12.1 Å². The lowest BCUT2D eigenvalue weighted by Crippen LogP contribution is -2.42. The summed E-state index contributed by atoms with van der Waals surface area (Å²) in [6.45, 7) is 1.66. The lowest BCUT2D eigenvalue weighted by molar-refractivity contribution is 0.0764. The van der Waals surface area contributed by atoms with Crippen LogP contribution >= 0.6 is 0 Å². The highest BCUT2D eigenvalue weighted by Gasteiger charge is 2.21. The summed E-state index contributed by atoms with van der Waals surface area (Å²) >= 11 is 0. The molecule has 0 aliphatic carbocycles. The van der Waals surface area contributed by atoms with Crippen molar-refractivity contribution in [2.24, 2.45) is 0 Å². The maximum absolute atomic E-state index is 8.97. The summed E-state index contributed by atoms with van der Waals surface area (Å²) in [4.78, 5) is 5.96. The van der Waals surface area contributed by atoms with Crippen LogP contribution in [0.1, 0.15) is 5.56 Å². The molecule has 2 rings (SSSR count). The predicted octanol–water partition coefficient (Wildman–Crippen LogP) is 0.682. The van der Waals surface area contributed by atoms with E-state index in [9.17, 15) is 0 Å². The Morgan fingerprint density at radius 2 is 2.38 bits per heavy atom. The summed E-state index contributed by atoms with van der Waals surface area (Å²) < 4.78 is 5.25. The number of pyridine rings is 1. The highest BCUT2D eigenvalue weighted by Crippen LogP contribution is 2.20. The molecule has 1 unspecified atom stereocenters. The first-order valence-electron chi connectivity index (χ1n) is 4.95. The number of rotatable bonds is 1. The van der Waals surface area contributed by atoms with Crippen molar-refractivity contribution in [2.45, 2.75) is 6.10 Å². The Balaban J connectivity index is 2.24. The Hall–Kier alpha value is -2.11. The summed E-state index contributed by atoms with van der Waals surface area (Å²) in [6, 6.07) is 5.87. The van der Waals surface area contributed by atoms with Gasteiger partial charge in [-0.1, -0.05) is 0 Å². The summed E-state index contributed by atoms with van der Waals surface area (Å²) in [7, 11) is 0. The Bertz CT molecular complexity index is 460. The molecule has 5 nitrogen and oxygen atoms in total. The molecule has 1 aliphatic heterocycles. The van der Waals surface area contributed by atoms with E-state index in [0.717, 1.165) is 5.69 Å². The number of aromatic nitrogens is 1. The molecule has 0 radical (unpaired) electrons. The number of hydrogen-bond acceptors (Lipinski definition) is 5. The monoisotopic (exact) mass is 214 g/mol. The molecule has 5 heteroatoms. The van der Waals surface area contributed by atoms with Crippen LogP contribution in [-0.2, 0) is 4.74 Å². The molecule has 1 aromatic heterocycles. The van der Waals surface area contributed by atoms with Crippen molar-refractivity contribution in [3.05, 3.63) is 24.0 Å². The predicted molar refractivity (Wildman–Crippen MR) is 56.5 cm³/mol. The lowest BCUT2D eigenvalue weighted by atomic mass is 10.2. The van der Waals surface area contributed by atoms with Crippen LogP contribution in [0.5, 0.6) is 0 Å². The number of nitriles is 2. The smallest absolute Gasteiger partial charge is 0.161 e. The zero-order chi connectivity index (χ0) is 11.4. The molecule has 0 N–H and O–H groups in total.